The lowest BCUT2D eigenvalue weighted by Crippen LogP contribution is -2.48. The van der Waals surface area contributed by atoms with Gasteiger partial charge in [-0.15, -0.1) is 0 Å². The third kappa shape index (κ3) is 3.33. The number of benzene rings is 1. The molecule has 1 aromatic carbocycles. The van der Waals surface area contributed by atoms with Crippen molar-refractivity contribution in [2.75, 3.05) is 26.7 Å². The number of rotatable bonds is 3. The van der Waals surface area contributed by atoms with Crippen molar-refractivity contribution in [1.29, 1.82) is 0 Å². The maximum atomic E-state index is 11.6. The number of carboxylic acids is 1. The van der Waals surface area contributed by atoms with Crippen molar-refractivity contribution in [3.05, 3.63) is 33.8 Å². The van der Waals surface area contributed by atoms with E-state index in [1.165, 1.54) is 0 Å². The molecule has 0 atom stereocenters. The van der Waals surface area contributed by atoms with E-state index in [0.29, 0.717) is 13.1 Å². The quantitative estimate of drug-likeness (QED) is 0.912. The summed E-state index contributed by atoms with van der Waals surface area (Å²) in [4.78, 5) is 26.2. The van der Waals surface area contributed by atoms with Crippen LogP contribution in [0.5, 0.6) is 0 Å². The normalized spacial score (nSPS) is 16.7. The fraction of sp³-hybridized carbons (Fsp3) is 0.385. The van der Waals surface area contributed by atoms with E-state index in [9.17, 15) is 9.59 Å². The Labute approximate surface area is 119 Å². The van der Waals surface area contributed by atoms with Gasteiger partial charge in [0.25, 0.3) is 0 Å². The first-order valence-electron chi connectivity index (χ1n) is 5.95. The molecule has 1 amide bonds. The van der Waals surface area contributed by atoms with Crippen LogP contribution >= 0.6 is 15.9 Å². The molecule has 1 heterocycles. The van der Waals surface area contributed by atoms with E-state index in [1.54, 1.807) is 30.1 Å². The van der Waals surface area contributed by atoms with Crippen LogP contribution in [0.1, 0.15) is 15.9 Å². The van der Waals surface area contributed by atoms with Gasteiger partial charge in [-0.05, 0) is 17.7 Å². The Morgan fingerprint density at radius 2 is 2.16 bits per heavy atom. The van der Waals surface area contributed by atoms with Gasteiger partial charge in [0, 0.05) is 31.2 Å². The molecule has 1 aliphatic heterocycles. The van der Waals surface area contributed by atoms with Crippen LogP contribution in [0.25, 0.3) is 0 Å². The zero-order valence-corrected chi connectivity index (χ0v) is 12.2. The van der Waals surface area contributed by atoms with Gasteiger partial charge < -0.3 is 10.0 Å². The van der Waals surface area contributed by atoms with E-state index in [1.807, 2.05) is 0 Å². The minimum atomic E-state index is -0.943. The van der Waals surface area contributed by atoms with E-state index < -0.39 is 5.97 Å². The first kappa shape index (κ1) is 14.0. The Kier molecular flexibility index (Phi) is 4.21. The van der Waals surface area contributed by atoms with Crippen LogP contribution in [0.4, 0.5) is 0 Å². The molecule has 1 N–H and O–H groups in total. The highest BCUT2D eigenvalue weighted by Gasteiger charge is 2.21. The second kappa shape index (κ2) is 5.71. The second-order valence-corrected chi connectivity index (χ2v) is 5.49. The number of amides is 1. The molecule has 6 heteroatoms. The van der Waals surface area contributed by atoms with Gasteiger partial charge in [0.2, 0.25) is 5.91 Å². The molecule has 0 aromatic heterocycles. The summed E-state index contributed by atoms with van der Waals surface area (Å²) in [6.07, 6.45) is 0. The smallest absolute Gasteiger partial charge is 0.335 e. The predicted octanol–water partition coefficient (Wildman–Crippen LogP) is 1.42. The molecule has 0 radical (unpaired) electrons. The van der Waals surface area contributed by atoms with E-state index in [4.69, 9.17) is 5.11 Å². The van der Waals surface area contributed by atoms with Crippen molar-refractivity contribution in [1.82, 2.24) is 9.80 Å². The fourth-order valence-electron chi connectivity index (χ4n) is 1.99. The van der Waals surface area contributed by atoms with Crippen LogP contribution in [0.3, 0.4) is 0 Å². The molecule has 19 heavy (non-hydrogen) atoms. The van der Waals surface area contributed by atoms with Crippen LogP contribution in [0.2, 0.25) is 0 Å². The number of carbonyl (C=O) groups excluding carboxylic acids is 1. The average Bonchev–Trinajstić information content (AvgIpc) is 2.36. The number of nitrogens with zero attached hydrogens (tertiary/aromatic N) is 2. The molecule has 1 fully saturated rings. The van der Waals surface area contributed by atoms with Crippen molar-refractivity contribution in [3.8, 4) is 0 Å². The fourth-order valence-corrected chi connectivity index (χ4v) is 2.50. The van der Waals surface area contributed by atoms with Gasteiger partial charge in [-0.2, -0.15) is 0 Å². The topological polar surface area (TPSA) is 60.9 Å². The van der Waals surface area contributed by atoms with Gasteiger partial charge in [-0.1, -0.05) is 22.0 Å². The number of aromatic carboxylic acids is 1. The molecule has 0 spiro atoms. The Morgan fingerprint density at radius 1 is 1.42 bits per heavy atom. The molecule has 1 aliphatic rings. The molecule has 1 saturated heterocycles. The number of likely N-dealkylation sites (N-methyl/N-ethyl adjacent to an activating group) is 1. The first-order valence-corrected chi connectivity index (χ1v) is 6.74. The van der Waals surface area contributed by atoms with Gasteiger partial charge in [0.15, 0.2) is 0 Å². The molecular weight excluding hydrogens is 312 g/mol. The SMILES string of the molecule is CN1CCN(Cc2ccc(C(=O)O)cc2Br)CC1=O. The molecule has 0 unspecified atom stereocenters. The Morgan fingerprint density at radius 3 is 2.74 bits per heavy atom. The molecule has 102 valence electrons. The largest absolute Gasteiger partial charge is 0.478 e. The van der Waals surface area contributed by atoms with E-state index in [0.717, 1.165) is 23.1 Å². The van der Waals surface area contributed by atoms with E-state index in [2.05, 4.69) is 20.8 Å². The Bertz CT molecular complexity index is 519. The van der Waals surface area contributed by atoms with Crippen molar-refractivity contribution in [3.63, 3.8) is 0 Å². The van der Waals surface area contributed by atoms with E-state index >= 15 is 0 Å². The average molecular weight is 327 g/mol. The Balaban J connectivity index is 2.07. The van der Waals surface area contributed by atoms with Crippen LogP contribution in [-0.4, -0.2) is 53.5 Å². The minimum Gasteiger partial charge on any atom is -0.478 e. The third-order valence-corrected chi connectivity index (χ3v) is 3.97. The van der Waals surface area contributed by atoms with Gasteiger partial charge in [0.1, 0.15) is 0 Å². The highest BCUT2D eigenvalue weighted by Crippen LogP contribution is 2.21. The number of piperazine rings is 1. The van der Waals surface area contributed by atoms with E-state index in [-0.39, 0.29) is 11.5 Å². The highest BCUT2D eigenvalue weighted by molar-refractivity contribution is 9.10. The van der Waals surface area contributed by atoms with Gasteiger partial charge in [-0.25, -0.2) is 4.79 Å². The lowest BCUT2D eigenvalue weighted by Gasteiger charge is -2.32. The lowest BCUT2D eigenvalue weighted by molar-refractivity contribution is -0.134. The molecule has 2 rings (SSSR count). The highest BCUT2D eigenvalue weighted by atomic mass is 79.9. The standard InChI is InChI=1S/C13H15BrN2O3/c1-15-4-5-16(8-12(15)17)7-10-3-2-9(13(18)19)6-11(10)14/h2-3,6H,4-5,7-8H2,1H3,(H,18,19). The number of hydrogen-bond donors (Lipinski definition) is 1. The van der Waals surface area contributed by atoms with Gasteiger partial charge >= 0.3 is 5.97 Å². The zero-order chi connectivity index (χ0) is 14.0. The lowest BCUT2D eigenvalue weighted by atomic mass is 10.1. The molecule has 0 aliphatic carbocycles. The maximum Gasteiger partial charge on any atom is 0.335 e. The number of carbonyl (C=O) groups is 2. The summed E-state index contributed by atoms with van der Waals surface area (Å²) in [5.74, 6) is -0.827. The minimum absolute atomic E-state index is 0.115. The summed E-state index contributed by atoms with van der Waals surface area (Å²) >= 11 is 3.38. The predicted molar refractivity (Wildman–Crippen MR) is 74.0 cm³/mol. The maximum absolute atomic E-state index is 11.6. The molecule has 5 nitrogen and oxygen atoms in total. The molecule has 0 saturated carbocycles. The van der Waals surface area contributed by atoms with Crippen molar-refractivity contribution >= 4 is 27.8 Å². The van der Waals surface area contributed by atoms with Crippen LogP contribution in [0, 0.1) is 0 Å². The monoisotopic (exact) mass is 326 g/mol. The third-order valence-electron chi connectivity index (χ3n) is 3.23. The van der Waals surface area contributed by atoms with Gasteiger partial charge in [0.05, 0.1) is 12.1 Å². The summed E-state index contributed by atoms with van der Waals surface area (Å²) in [6, 6.07) is 4.96. The van der Waals surface area contributed by atoms with Gasteiger partial charge in [-0.3, -0.25) is 9.69 Å². The number of hydrogen-bond acceptors (Lipinski definition) is 3. The van der Waals surface area contributed by atoms with Crippen LogP contribution in [-0.2, 0) is 11.3 Å². The number of carboxylic acid groups (broad SMARTS) is 1. The summed E-state index contributed by atoms with van der Waals surface area (Å²) in [5, 5.41) is 8.90. The molecule has 1 aromatic rings. The summed E-state index contributed by atoms with van der Waals surface area (Å²) in [6.45, 7) is 2.60. The first-order chi connectivity index (χ1) is 8.97. The van der Waals surface area contributed by atoms with Crippen molar-refractivity contribution < 1.29 is 14.7 Å². The second-order valence-electron chi connectivity index (χ2n) is 4.64. The summed E-state index contributed by atoms with van der Waals surface area (Å²) in [5.41, 5.74) is 1.24. The summed E-state index contributed by atoms with van der Waals surface area (Å²) in [7, 11) is 1.80. The van der Waals surface area contributed by atoms with Crippen molar-refractivity contribution in [2.45, 2.75) is 6.54 Å². The summed E-state index contributed by atoms with van der Waals surface area (Å²) < 4.78 is 0.763. The molecular formula is C13H15BrN2O3. The Hall–Kier alpha value is -1.40. The molecule has 0 bridgehead atoms. The number of halogens is 1. The zero-order valence-electron chi connectivity index (χ0n) is 10.6. The van der Waals surface area contributed by atoms with Crippen LogP contribution < -0.4 is 0 Å². The van der Waals surface area contributed by atoms with Crippen molar-refractivity contribution in [2.24, 2.45) is 0 Å². The van der Waals surface area contributed by atoms with Crippen LogP contribution in [0.15, 0.2) is 22.7 Å².